The number of hydrogen-bond donors (Lipinski definition) is 1. The summed E-state index contributed by atoms with van der Waals surface area (Å²) < 4.78 is 2.23. The summed E-state index contributed by atoms with van der Waals surface area (Å²) in [4.78, 5) is 8.95. The van der Waals surface area contributed by atoms with Gasteiger partial charge < -0.3 is 9.88 Å². The summed E-state index contributed by atoms with van der Waals surface area (Å²) in [7, 11) is 0. The third kappa shape index (κ3) is 2.54. The fourth-order valence-electron chi connectivity index (χ4n) is 2.66. The van der Waals surface area contributed by atoms with Crippen molar-refractivity contribution < 1.29 is 0 Å². The highest BCUT2D eigenvalue weighted by molar-refractivity contribution is 5.36. The lowest BCUT2D eigenvalue weighted by molar-refractivity contribution is 0.655. The molecule has 0 saturated heterocycles. The van der Waals surface area contributed by atoms with E-state index in [0.29, 0.717) is 0 Å². The van der Waals surface area contributed by atoms with Crippen LogP contribution < -0.4 is 5.32 Å². The van der Waals surface area contributed by atoms with Gasteiger partial charge >= 0.3 is 0 Å². The second-order valence-corrected chi connectivity index (χ2v) is 5.00. The molecule has 0 saturated carbocycles. The molecule has 4 nitrogen and oxygen atoms in total. The van der Waals surface area contributed by atoms with Crippen molar-refractivity contribution in [2.24, 2.45) is 0 Å². The number of aromatic nitrogens is 3. The topological polar surface area (TPSA) is 42.7 Å². The van der Waals surface area contributed by atoms with Crippen LogP contribution in [0, 0.1) is 0 Å². The molecule has 0 atom stereocenters. The smallest absolute Gasteiger partial charge is 0.0997 e. The largest absolute Gasteiger partial charge is 0.311 e. The van der Waals surface area contributed by atoms with Gasteiger partial charge in [-0.15, -0.1) is 0 Å². The minimum Gasteiger partial charge on any atom is -0.311 e. The van der Waals surface area contributed by atoms with Crippen LogP contribution in [0.15, 0.2) is 24.7 Å². The van der Waals surface area contributed by atoms with E-state index in [1.807, 2.05) is 12.5 Å². The zero-order valence-corrected chi connectivity index (χ0v) is 11.4. The van der Waals surface area contributed by atoms with Gasteiger partial charge in [0.05, 0.1) is 23.4 Å². The minimum absolute atomic E-state index is 0.821. The molecule has 0 fully saturated rings. The Morgan fingerprint density at radius 2 is 2.16 bits per heavy atom. The van der Waals surface area contributed by atoms with Crippen LogP contribution in [-0.2, 0) is 19.4 Å². The van der Waals surface area contributed by atoms with Gasteiger partial charge in [-0.05, 0) is 44.4 Å². The molecule has 0 aromatic carbocycles. The number of pyridine rings is 1. The lowest BCUT2D eigenvalue weighted by Gasteiger charge is -2.14. The van der Waals surface area contributed by atoms with Crippen LogP contribution in [0.25, 0.3) is 5.69 Å². The Bertz CT molecular complexity index is 559. The molecule has 2 heterocycles. The zero-order chi connectivity index (χ0) is 13.1. The molecule has 0 amide bonds. The van der Waals surface area contributed by atoms with Gasteiger partial charge in [0.15, 0.2) is 0 Å². The van der Waals surface area contributed by atoms with Gasteiger partial charge in [-0.2, -0.15) is 0 Å². The molecule has 19 heavy (non-hydrogen) atoms. The Hall–Kier alpha value is -1.68. The maximum Gasteiger partial charge on any atom is 0.0997 e. The van der Waals surface area contributed by atoms with Crippen LogP contribution in [0.5, 0.6) is 0 Å². The third-order valence-electron chi connectivity index (χ3n) is 3.66. The summed E-state index contributed by atoms with van der Waals surface area (Å²) in [6.07, 6.45) is 8.65. The number of fused-ring (bicyclic) bond motifs is 1. The highest BCUT2D eigenvalue weighted by Crippen LogP contribution is 2.23. The van der Waals surface area contributed by atoms with Crippen LogP contribution in [0.1, 0.15) is 36.8 Å². The van der Waals surface area contributed by atoms with E-state index < -0.39 is 0 Å². The summed E-state index contributed by atoms with van der Waals surface area (Å²) in [6.45, 7) is 3.89. The molecule has 2 aromatic heterocycles. The Labute approximate surface area is 113 Å². The van der Waals surface area contributed by atoms with Crippen LogP contribution in [0.2, 0.25) is 0 Å². The van der Waals surface area contributed by atoms with Crippen molar-refractivity contribution in [1.82, 2.24) is 19.9 Å². The van der Waals surface area contributed by atoms with Gasteiger partial charge in [-0.3, -0.25) is 4.98 Å². The highest BCUT2D eigenvalue weighted by atomic mass is 15.1. The van der Waals surface area contributed by atoms with E-state index in [9.17, 15) is 0 Å². The summed E-state index contributed by atoms with van der Waals surface area (Å²) in [5.74, 6) is 0. The number of imidazole rings is 1. The average Bonchev–Trinajstić information content (AvgIpc) is 2.89. The SMILES string of the molecule is CCNCc1cc(-n2cnc3c2CCCC3)ccn1. The molecule has 0 aliphatic heterocycles. The van der Waals surface area contributed by atoms with E-state index in [4.69, 9.17) is 0 Å². The Kier molecular flexibility index (Phi) is 3.60. The molecule has 1 aliphatic carbocycles. The van der Waals surface area contributed by atoms with Crippen LogP contribution in [0.4, 0.5) is 0 Å². The van der Waals surface area contributed by atoms with E-state index in [2.05, 4.69) is 38.9 Å². The zero-order valence-electron chi connectivity index (χ0n) is 11.4. The fraction of sp³-hybridized carbons (Fsp3) is 0.467. The quantitative estimate of drug-likeness (QED) is 0.912. The number of hydrogen-bond acceptors (Lipinski definition) is 3. The summed E-state index contributed by atoms with van der Waals surface area (Å²) in [5, 5.41) is 3.31. The van der Waals surface area contributed by atoms with Crippen molar-refractivity contribution in [3.63, 3.8) is 0 Å². The molecule has 3 rings (SSSR count). The van der Waals surface area contributed by atoms with Crippen molar-refractivity contribution in [2.75, 3.05) is 6.54 Å². The van der Waals surface area contributed by atoms with Crippen LogP contribution in [-0.4, -0.2) is 21.1 Å². The van der Waals surface area contributed by atoms with Gasteiger partial charge in [0, 0.05) is 18.4 Å². The van der Waals surface area contributed by atoms with Crippen molar-refractivity contribution in [2.45, 2.75) is 39.2 Å². The maximum atomic E-state index is 4.55. The number of nitrogens with zero attached hydrogens (tertiary/aromatic N) is 3. The summed E-state index contributed by atoms with van der Waals surface area (Å²) >= 11 is 0. The molecule has 100 valence electrons. The Balaban J connectivity index is 1.91. The number of nitrogens with one attached hydrogen (secondary N) is 1. The van der Waals surface area contributed by atoms with E-state index in [0.717, 1.165) is 31.6 Å². The van der Waals surface area contributed by atoms with Gasteiger partial charge in [-0.25, -0.2) is 4.98 Å². The summed E-state index contributed by atoms with van der Waals surface area (Å²) in [5.41, 5.74) is 4.92. The average molecular weight is 256 g/mol. The Morgan fingerprint density at radius 3 is 3.05 bits per heavy atom. The van der Waals surface area contributed by atoms with E-state index in [-0.39, 0.29) is 0 Å². The molecule has 2 aromatic rings. The Morgan fingerprint density at radius 1 is 1.26 bits per heavy atom. The molecule has 0 radical (unpaired) electrons. The second kappa shape index (κ2) is 5.53. The minimum atomic E-state index is 0.821. The van der Waals surface area contributed by atoms with Crippen molar-refractivity contribution in [1.29, 1.82) is 0 Å². The molecular weight excluding hydrogens is 236 g/mol. The monoisotopic (exact) mass is 256 g/mol. The van der Waals surface area contributed by atoms with Gasteiger partial charge in [0.25, 0.3) is 0 Å². The predicted octanol–water partition coefficient (Wildman–Crippen LogP) is 2.26. The third-order valence-corrected chi connectivity index (χ3v) is 3.66. The molecule has 1 N–H and O–H groups in total. The first-order valence-electron chi connectivity index (χ1n) is 7.09. The first-order chi connectivity index (χ1) is 9.38. The first kappa shape index (κ1) is 12.4. The van der Waals surface area contributed by atoms with Crippen LogP contribution in [0.3, 0.4) is 0 Å². The molecule has 1 aliphatic rings. The molecule has 0 spiro atoms. The van der Waals surface area contributed by atoms with Gasteiger partial charge in [0.2, 0.25) is 0 Å². The molecule has 4 heteroatoms. The van der Waals surface area contributed by atoms with Gasteiger partial charge in [0.1, 0.15) is 0 Å². The number of rotatable bonds is 4. The summed E-state index contributed by atoms with van der Waals surface area (Å²) in [6, 6.07) is 4.21. The van der Waals surface area contributed by atoms with E-state index in [1.54, 1.807) is 0 Å². The van der Waals surface area contributed by atoms with Crippen molar-refractivity contribution in [3.05, 3.63) is 41.7 Å². The van der Waals surface area contributed by atoms with Crippen LogP contribution >= 0.6 is 0 Å². The lowest BCUT2D eigenvalue weighted by atomic mass is 10.0. The second-order valence-electron chi connectivity index (χ2n) is 5.00. The molecule has 0 unspecified atom stereocenters. The lowest BCUT2D eigenvalue weighted by Crippen LogP contribution is -2.13. The standard InChI is InChI=1S/C15H20N4/c1-2-16-10-12-9-13(7-8-17-12)19-11-18-14-5-3-4-6-15(14)19/h7-9,11,16H,2-6,10H2,1H3. The molecular formula is C15H20N4. The maximum absolute atomic E-state index is 4.55. The van der Waals surface area contributed by atoms with E-state index in [1.165, 1.54) is 29.9 Å². The van der Waals surface area contributed by atoms with Crippen molar-refractivity contribution >= 4 is 0 Å². The van der Waals surface area contributed by atoms with Crippen molar-refractivity contribution in [3.8, 4) is 5.69 Å². The predicted molar refractivity (Wildman–Crippen MR) is 75.4 cm³/mol. The number of aryl methyl sites for hydroxylation is 1. The van der Waals surface area contributed by atoms with E-state index >= 15 is 0 Å². The normalized spacial score (nSPS) is 14.4. The fourth-order valence-corrected chi connectivity index (χ4v) is 2.66. The first-order valence-corrected chi connectivity index (χ1v) is 7.09. The highest BCUT2D eigenvalue weighted by Gasteiger charge is 2.16. The van der Waals surface area contributed by atoms with Gasteiger partial charge in [-0.1, -0.05) is 6.92 Å². The molecule has 0 bridgehead atoms.